The summed E-state index contributed by atoms with van der Waals surface area (Å²) in [6.45, 7) is 4.46. The summed E-state index contributed by atoms with van der Waals surface area (Å²) in [4.78, 5) is 24.8. The summed E-state index contributed by atoms with van der Waals surface area (Å²) in [5, 5.41) is 11.3. The Balaban J connectivity index is 2.37. The lowest BCUT2D eigenvalue weighted by atomic mass is 10.1. The van der Waals surface area contributed by atoms with Crippen LogP contribution in [-0.2, 0) is 4.79 Å². The molecule has 0 aliphatic carbocycles. The zero-order chi connectivity index (χ0) is 19.9. The lowest BCUT2D eigenvalue weighted by Gasteiger charge is -2.23. The Morgan fingerprint density at radius 3 is 2.11 bits per heavy atom. The molecular weight excluding hydrogens is 340 g/mol. The van der Waals surface area contributed by atoms with E-state index in [2.05, 4.69) is 12.2 Å². The van der Waals surface area contributed by atoms with Crippen molar-refractivity contribution in [2.24, 2.45) is 0 Å². The number of amides is 2. The van der Waals surface area contributed by atoms with Crippen molar-refractivity contribution in [3.8, 4) is 0 Å². The quantitative estimate of drug-likeness (QED) is 0.420. The Bertz CT molecular complexity index is 560. The number of hydrogen-bond acceptors (Lipinski definition) is 2. The molecule has 0 fully saturated rings. The smallest absolute Gasteiger partial charge is 0.323 e. The molecule has 1 aromatic carbocycles. The molecule has 0 atom stereocenters. The van der Waals surface area contributed by atoms with Gasteiger partial charge >= 0.3 is 12.0 Å². The van der Waals surface area contributed by atoms with Gasteiger partial charge in [0, 0.05) is 12.2 Å². The van der Waals surface area contributed by atoms with Gasteiger partial charge in [-0.3, -0.25) is 9.69 Å². The highest BCUT2D eigenvalue weighted by molar-refractivity contribution is 5.93. The molecule has 152 valence electrons. The molecule has 0 unspecified atom stereocenters. The van der Waals surface area contributed by atoms with Crippen molar-refractivity contribution in [2.45, 2.75) is 78.1 Å². The molecule has 5 nitrogen and oxygen atoms in total. The van der Waals surface area contributed by atoms with Gasteiger partial charge < -0.3 is 10.4 Å². The van der Waals surface area contributed by atoms with E-state index in [0.29, 0.717) is 6.54 Å². The molecule has 0 radical (unpaired) electrons. The molecule has 1 rings (SSSR count). The predicted octanol–water partition coefficient (Wildman–Crippen LogP) is 5.52. The van der Waals surface area contributed by atoms with Gasteiger partial charge in [-0.05, 0) is 31.0 Å². The highest BCUT2D eigenvalue weighted by atomic mass is 16.4. The van der Waals surface area contributed by atoms with Gasteiger partial charge in [0.1, 0.15) is 6.54 Å². The lowest BCUT2D eigenvalue weighted by molar-refractivity contribution is -0.135. The van der Waals surface area contributed by atoms with E-state index in [0.717, 1.165) is 24.1 Å². The minimum absolute atomic E-state index is 0.348. The number of nitrogens with one attached hydrogen (secondary N) is 1. The summed E-state index contributed by atoms with van der Waals surface area (Å²) in [6.07, 6.45) is 12.4. The molecule has 0 saturated carbocycles. The van der Waals surface area contributed by atoms with Crippen molar-refractivity contribution >= 4 is 17.7 Å². The number of anilines is 1. The van der Waals surface area contributed by atoms with Gasteiger partial charge in [0.25, 0.3) is 0 Å². The van der Waals surface area contributed by atoms with Crippen molar-refractivity contribution in [1.82, 2.24) is 5.32 Å². The van der Waals surface area contributed by atoms with E-state index in [1.54, 1.807) is 4.90 Å². The van der Waals surface area contributed by atoms with Gasteiger partial charge in [-0.1, -0.05) is 76.8 Å². The Labute approximate surface area is 164 Å². The first-order valence-corrected chi connectivity index (χ1v) is 10.4. The molecule has 27 heavy (non-hydrogen) atoms. The van der Waals surface area contributed by atoms with Crippen LogP contribution in [0.15, 0.2) is 24.3 Å². The van der Waals surface area contributed by atoms with Crippen molar-refractivity contribution < 1.29 is 14.7 Å². The van der Waals surface area contributed by atoms with E-state index in [4.69, 9.17) is 5.11 Å². The molecule has 0 saturated heterocycles. The normalized spacial score (nSPS) is 10.6. The van der Waals surface area contributed by atoms with Gasteiger partial charge in [-0.25, -0.2) is 4.79 Å². The fourth-order valence-electron chi connectivity index (χ4n) is 3.15. The summed E-state index contributed by atoms with van der Waals surface area (Å²) in [5.41, 5.74) is 1.89. The number of aryl methyl sites for hydroxylation is 1. The van der Waals surface area contributed by atoms with Crippen molar-refractivity contribution in [2.75, 3.05) is 18.0 Å². The van der Waals surface area contributed by atoms with Crippen LogP contribution in [0.3, 0.4) is 0 Å². The van der Waals surface area contributed by atoms with Crippen LogP contribution in [0.5, 0.6) is 0 Å². The van der Waals surface area contributed by atoms with E-state index >= 15 is 0 Å². The van der Waals surface area contributed by atoms with Gasteiger partial charge in [0.2, 0.25) is 0 Å². The van der Waals surface area contributed by atoms with Crippen LogP contribution in [0, 0.1) is 6.92 Å². The lowest BCUT2D eigenvalue weighted by Crippen LogP contribution is -2.42. The highest BCUT2D eigenvalue weighted by Crippen LogP contribution is 2.18. The number of carboxylic acids is 1. The van der Waals surface area contributed by atoms with Crippen LogP contribution >= 0.6 is 0 Å². The van der Waals surface area contributed by atoms with Crippen LogP contribution < -0.4 is 10.2 Å². The molecule has 5 heteroatoms. The predicted molar refractivity (Wildman–Crippen MR) is 111 cm³/mol. The maximum Gasteiger partial charge on any atom is 0.323 e. The third-order valence-electron chi connectivity index (χ3n) is 4.68. The number of carbonyl (C=O) groups is 2. The number of carboxylic acid groups (broad SMARTS) is 1. The number of nitrogens with zero attached hydrogens (tertiary/aromatic N) is 1. The first-order valence-electron chi connectivity index (χ1n) is 10.4. The number of carbonyl (C=O) groups excluding carboxylic acids is 1. The third kappa shape index (κ3) is 10.6. The molecule has 0 aromatic heterocycles. The minimum atomic E-state index is -1.04. The summed E-state index contributed by atoms with van der Waals surface area (Å²) >= 11 is 0. The van der Waals surface area contributed by atoms with Gasteiger partial charge in [0.05, 0.1) is 0 Å². The molecule has 2 N–H and O–H groups in total. The van der Waals surface area contributed by atoms with Crippen LogP contribution in [0.1, 0.15) is 76.7 Å². The third-order valence-corrected chi connectivity index (χ3v) is 4.68. The standard InChI is InChI=1S/C22H36N2O3/c1-3-4-5-6-7-8-9-10-11-12-16-24(22(27)23-18-21(25)26)20-15-13-14-19(2)17-20/h13-15,17H,3-12,16,18H2,1-2H3,(H,23,27)(H,25,26). The number of aliphatic carboxylic acids is 1. The number of rotatable bonds is 14. The summed E-state index contributed by atoms with van der Waals surface area (Å²) in [5.74, 6) is -1.04. The number of unbranched alkanes of at least 4 members (excludes halogenated alkanes) is 9. The maximum absolute atomic E-state index is 12.4. The summed E-state index contributed by atoms with van der Waals surface area (Å²) in [7, 11) is 0. The molecular formula is C22H36N2O3. The zero-order valence-corrected chi connectivity index (χ0v) is 17.0. The topological polar surface area (TPSA) is 69.6 Å². The second-order valence-corrected chi connectivity index (χ2v) is 7.23. The van der Waals surface area contributed by atoms with Crippen LogP contribution in [-0.4, -0.2) is 30.2 Å². The second kappa shape index (κ2) is 14.1. The Kier molecular flexibility index (Phi) is 12.0. The van der Waals surface area contributed by atoms with E-state index < -0.39 is 5.97 Å². The molecule has 1 aromatic rings. The molecule has 0 aliphatic heterocycles. The SMILES string of the molecule is CCCCCCCCCCCCN(C(=O)NCC(=O)O)c1cccc(C)c1. The number of hydrogen-bond donors (Lipinski definition) is 2. The van der Waals surface area contributed by atoms with E-state index in [9.17, 15) is 9.59 Å². The van der Waals surface area contributed by atoms with Crippen LogP contribution in [0.4, 0.5) is 10.5 Å². The highest BCUT2D eigenvalue weighted by Gasteiger charge is 2.16. The molecule has 0 aliphatic rings. The van der Waals surface area contributed by atoms with Crippen LogP contribution in [0.2, 0.25) is 0 Å². The molecule has 0 spiro atoms. The van der Waals surface area contributed by atoms with Crippen molar-refractivity contribution in [3.05, 3.63) is 29.8 Å². The first-order chi connectivity index (χ1) is 13.0. The number of urea groups is 1. The maximum atomic E-state index is 12.4. The molecule has 2 amide bonds. The van der Waals surface area contributed by atoms with E-state index in [1.807, 2.05) is 31.2 Å². The Hall–Kier alpha value is -2.04. The number of benzene rings is 1. The van der Waals surface area contributed by atoms with Gasteiger partial charge in [-0.2, -0.15) is 0 Å². The fourth-order valence-corrected chi connectivity index (χ4v) is 3.15. The van der Waals surface area contributed by atoms with Crippen molar-refractivity contribution in [1.29, 1.82) is 0 Å². The van der Waals surface area contributed by atoms with Gasteiger partial charge in [0.15, 0.2) is 0 Å². The summed E-state index contributed by atoms with van der Waals surface area (Å²) < 4.78 is 0. The summed E-state index contributed by atoms with van der Waals surface area (Å²) in [6, 6.07) is 7.40. The second-order valence-electron chi connectivity index (χ2n) is 7.23. The minimum Gasteiger partial charge on any atom is -0.480 e. The molecule has 0 heterocycles. The average Bonchev–Trinajstić information content (AvgIpc) is 2.64. The monoisotopic (exact) mass is 376 g/mol. The Morgan fingerprint density at radius 2 is 1.56 bits per heavy atom. The Morgan fingerprint density at radius 1 is 0.963 bits per heavy atom. The zero-order valence-electron chi connectivity index (χ0n) is 17.0. The van der Waals surface area contributed by atoms with Crippen molar-refractivity contribution in [3.63, 3.8) is 0 Å². The average molecular weight is 377 g/mol. The van der Waals surface area contributed by atoms with E-state index in [-0.39, 0.29) is 12.6 Å². The largest absolute Gasteiger partial charge is 0.480 e. The first kappa shape index (κ1) is 23.0. The fraction of sp³-hybridized carbons (Fsp3) is 0.636. The molecule has 0 bridgehead atoms. The van der Waals surface area contributed by atoms with Gasteiger partial charge in [-0.15, -0.1) is 0 Å². The van der Waals surface area contributed by atoms with Crippen LogP contribution in [0.25, 0.3) is 0 Å². The van der Waals surface area contributed by atoms with E-state index in [1.165, 1.54) is 51.4 Å².